The molecule has 2 heterocycles. The lowest BCUT2D eigenvalue weighted by Crippen LogP contribution is -2.48. The minimum atomic E-state index is -0.548. The van der Waals surface area contributed by atoms with Gasteiger partial charge >= 0.3 is 0 Å². The van der Waals surface area contributed by atoms with Gasteiger partial charge in [-0.25, -0.2) is 4.39 Å². The summed E-state index contributed by atoms with van der Waals surface area (Å²) in [6.45, 7) is 1.87. The number of para-hydroxylation sites is 1. The number of hydrogen-bond acceptors (Lipinski definition) is 3. The lowest BCUT2D eigenvalue weighted by molar-refractivity contribution is -0.140. The van der Waals surface area contributed by atoms with E-state index in [1.807, 2.05) is 28.8 Å². The molecule has 6 nitrogen and oxygen atoms in total. The lowest BCUT2D eigenvalue weighted by Gasteiger charge is -2.27. The van der Waals surface area contributed by atoms with Crippen molar-refractivity contribution in [2.24, 2.45) is 11.8 Å². The number of aryl methyl sites for hydroxylation is 1. The number of fused-ring (bicyclic) bond motifs is 2. The first-order valence-electron chi connectivity index (χ1n) is 12.4. The number of amides is 2. The van der Waals surface area contributed by atoms with Gasteiger partial charge in [0.25, 0.3) is 0 Å². The maximum absolute atomic E-state index is 14.3. The van der Waals surface area contributed by atoms with Gasteiger partial charge in [0.15, 0.2) is 5.78 Å². The van der Waals surface area contributed by atoms with Crippen molar-refractivity contribution in [2.45, 2.75) is 57.8 Å². The first kappa shape index (κ1) is 22.0. The van der Waals surface area contributed by atoms with Gasteiger partial charge in [0.05, 0.1) is 0 Å². The number of piperidine rings is 1. The van der Waals surface area contributed by atoms with E-state index in [0.717, 1.165) is 30.2 Å². The summed E-state index contributed by atoms with van der Waals surface area (Å²) in [6, 6.07) is 12.3. The highest BCUT2D eigenvalue weighted by molar-refractivity contribution is 6.10. The molecule has 0 bridgehead atoms. The Labute approximate surface area is 203 Å². The van der Waals surface area contributed by atoms with Crippen molar-refractivity contribution in [3.8, 4) is 0 Å². The average molecular weight is 474 g/mol. The monoisotopic (exact) mass is 473 g/mol. The van der Waals surface area contributed by atoms with Crippen LogP contribution in [0.5, 0.6) is 0 Å². The Kier molecular flexibility index (Phi) is 5.24. The van der Waals surface area contributed by atoms with Crippen LogP contribution in [0.2, 0.25) is 0 Å². The van der Waals surface area contributed by atoms with Crippen molar-refractivity contribution < 1.29 is 18.8 Å². The van der Waals surface area contributed by atoms with Gasteiger partial charge in [-0.3, -0.25) is 14.4 Å². The van der Waals surface area contributed by atoms with Crippen molar-refractivity contribution >= 4 is 28.5 Å². The second-order valence-electron chi connectivity index (χ2n) is 10.2. The molecule has 1 aromatic heterocycles. The SMILES string of the molecule is Cc1cccc(CNC(=O)[C@@H]2C[C@H]3C[C@H]3N2C(=O)Cn2cc(C(=O)C3CC3)c3ccccc32)c1F. The van der Waals surface area contributed by atoms with Gasteiger partial charge in [0.2, 0.25) is 11.8 Å². The summed E-state index contributed by atoms with van der Waals surface area (Å²) in [5.41, 5.74) is 2.50. The molecular formula is C28H28FN3O3. The first-order valence-corrected chi connectivity index (χ1v) is 12.4. The van der Waals surface area contributed by atoms with E-state index in [2.05, 4.69) is 5.32 Å². The average Bonchev–Trinajstić information content (AvgIpc) is 3.78. The summed E-state index contributed by atoms with van der Waals surface area (Å²) in [6.07, 6.45) is 5.21. The summed E-state index contributed by atoms with van der Waals surface area (Å²) in [5.74, 6) is -0.0834. The predicted molar refractivity (Wildman–Crippen MR) is 129 cm³/mol. The maximum atomic E-state index is 14.3. The highest BCUT2D eigenvalue weighted by Crippen LogP contribution is 2.48. The molecule has 3 aromatic rings. The zero-order valence-corrected chi connectivity index (χ0v) is 19.7. The van der Waals surface area contributed by atoms with E-state index in [4.69, 9.17) is 0 Å². The normalized spacial score (nSPS) is 22.8. The number of Topliss-reactive ketones (excluding diaryl/α,β-unsaturated/α-hetero) is 1. The van der Waals surface area contributed by atoms with Crippen LogP contribution in [-0.4, -0.2) is 39.1 Å². The molecule has 1 N–H and O–H groups in total. The smallest absolute Gasteiger partial charge is 0.243 e. The molecule has 35 heavy (non-hydrogen) atoms. The molecule has 3 fully saturated rings. The number of carbonyl (C=O) groups is 3. The summed E-state index contributed by atoms with van der Waals surface area (Å²) in [4.78, 5) is 41.1. The van der Waals surface area contributed by atoms with Crippen molar-refractivity contribution in [2.75, 3.05) is 0 Å². The summed E-state index contributed by atoms with van der Waals surface area (Å²) in [7, 11) is 0. The number of hydrogen-bond donors (Lipinski definition) is 1. The summed E-state index contributed by atoms with van der Waals surface area (Å²) < 4.78 is 16.2. The Morgan fingerprint density at radius 1 is 1.06 bits per heavy atom. The maximum Gasteiger partial charge on any atom is 0.243 e. The molecule has 2 aliphatic carbocycles. The van der Waals surface area contributed by atoms with Gasteiger partial charge < -0.3 is 14.8 Å². The number of benzene rings is 2. The summed E-state index contributed by atoms with van der Waals surface area (Å²) in [5, 5.41) is 3.72. The Balaban J connectivity index is 1.20. The van der Waals surface area contributed by atoms with Gasteiger partial charge in [-0.2, -0.15) is 0 Å². The number of halogens is 1. The first-order chi connectivity index (χ1) is 16.9. The van der Waals surface area contributed by atoms with E-state index >= 15 is 0 Å². The van der Waals surface area contributed by atoms with Crippen LogP contribution in [0, 0.1) is 24.6 Å². The van der Waals surface area contributed by atoms with E-state index in [1.165, 1.54) is 0 Å². The fourth-order valence-corrected chi connectivity index (χ4v) is 5.56. The van der Waals surface area contributed by atoms with E-state index in [1.54, 1.807) is 36.2 Å². The summed E-state index contributed by atoms with van der Waals surface area (Å²) >= 11 is 0. The highest BCUT2D eigenvalue weighted by atomic mass is 19.1. The van der Waals surface area contributed by atoms with Crippen molar-refractivity contribution in [1.82, 2.24) is 14.8 Å². The molecule has 1 saturated heterocycles. The molecule has 0 radical (unpaired) electrons. The van der Waals surface area contributed by atoms with E-state index < -0.39 is 6.04 Å². The Morgan fingerprint density at radius 3 is 2.66 bits per heavy atom. The number of rotatable bonds is 7. The molecule has 1 aliphatic heterocycles. The molecule has 2 aromatic carbocycles. The van der Waals surface area contributed by atoms with Crippen molar-refractivity contribution in [3.63, 3.8) is 0 Å². The molecular weight excluding hydrogens is 445 g/mol. The van der Waals surface area contributed by atoms with Crippen LogP contribution in [0.1, 0.15) is 47.2 Å². The molecule has 3 aliphatic rings. The second kappa shape index (κ2) is 8.33. The minimum absolute atomic E-state index is 0.0813. The molecule has 3 atom stereocenters. The van der Waals surface area contributed by atoms with Crippen LogP contribution in [-0.2, 0) is 22.7 Å². The van der Waals surface area contributed by atoms with Crippen LogP contribution >= 0.6 is 0 Å². The van der Waals surface area contributed by atoms with Crippen LogP contribution in [0.15, 0.2) is 48.7 Å². The van der Waals surface area contributed by atoms with E-state index in [9.17, 15) is 18.8 Å². The fraction of sp³-hybridized carbons (Fsp3) is 0.393. The molecule has 180 valence electrons. The lowest BCUT2D eigenvalue weighted by atomic mass is 10.1. The number of ketones is 1. The Hall–Kier alpha value is -3.48. The van der Waals surface area contributed by atoms with Crippen LogP contribution in [0.4, 0.5) is 4.39 Å². The van der Waals surface area contributed by atoms with Gasteiger partial charge in [0, 0.05) is 46.7 Å². The molecule has 2 amide bonds. The van der Waals surface area contributed by atoms with E-state index in [0.29, 0.717) is 29.0 Å². The van der Waals surface area contributed by atoms with Crippen molar-refractivity contribution in [3.05, 3.63) is 71.2 Å². The minimum Gasteiger partial charge on any atom is -0.350 e. The molecule has 0 spiro atoms. The molecule has 7 heteroatoms. The van der Waals surface area contributed by atoms with Gasteiger partial charge in [-0.15, -0.1) is 0 Å². The largest absolute Gasteiger partial charge is 0.350 e. The standard InChI is InChI=1S/C28H28FN3O3/c1-16-5-4-6-18(26(16)29)13-30-28(35)24-12-19-11-23(19)32(24)25(33)15-31-14-21(27(34)17-9-10-17)20-7-2-3-8-22(20)31/h2-8,14,17,19,23-24H,9-13,15H2,1H3,(H,30,35)/t19-,23-,24+/m1/s1. The zero-order valence-electron chi connectivity index (χ0n) is 19.7. The number of aromatic nitrogens is 1. The third-order valence-electron chi connectivity index (χ3n) is 7.73. The predicted octanol–water partition coefficient (Wildman–Crippen LogP) is 3.99. The Morgan fingerprint density at radius 2 is 1.86 bits per heavy atom. The number of nitrogens with zero attached hydrogens (tertiary/aromatic N) is 2. The van der Waals surface area contributed by atoms with Gasteiger partial charge in [-0.05, 0) is 50.2 Å². The highest BCUT2D eigenvalue weighted by Gasteiger charge is 2.55. The third kappa shape index (κ3) is 3.93. The second-order valence-corrected chi connectivity index (χ2v) is 10.2. The van der Waals surface area contributed by atoms with E-state index in [-0.39, 0.29) is 48.5 Å². The van der Waals surface area contributed by atoms with Gasteiger partial charge in [-0.1, -0.05) is 36.4 Å². The van der Waals surface area contributed by atoms with Crippen LogP contribution in [0.25, 0.3) is 10.9 Å². The van der Waals surface area contributed by atoms with Crippen LogP contribution < -0.4 is 5.32 Å². The Bertz CT molecular complexity index is 1360. The topological polar surface area (TPSA) is 71.4 Å². The molecule has 0 unspecified atom stereocenters. The molecule has 2 saturated carbocycles. The van der Waals surface area contributed by atoms with Crippen LogP contribution in [0.3, 0.4) is 0 Å². The number of likely N-dealkylation sites (tertiary alicyclic amines) is 1. The third-order valence-corrected chi connectivity index (χ3v) is 7.73. The number of nitrogens with one attached hydrogen (secondary N) is 1. The van der Waals surface area contributed by atoms with Gasteiger partial charge in [0.1, 0.15) is 18.4 Å². The fourth-order valence-electron chi connectivity index (χ4n) is 5.56. The van der Waals surface area contributed by atoms with Crippen molar-refractivity contribution in [1.29, 1.82) is 0 Å². The molecule has 6 rings (SSSR count). The number of carbonyl (C=O) groups excluding carboxylic acids is 3. The quantitative estimate of drug-likeness (QED) is 0.528. The zero-order chi connectivity index (χ0) is 24.3.